The minimum absolute atomic E-state index is 0. The quantitative estimate of drug-likeness (QED) is 0.0161. The van der Waals surface area contributed by atoms with Gasteiger partial charge >= 0.3 is 36.2 Å². The summed E-state index contributed by atoms with van der Waals surface area (Å²) >= 11 is 0. The van der Waals surface area contributed by atoms with Gasteiger partial charge in [0.1, 0.15) is 40.9 Å². The van der Waals surface area contributed by atoms with Crippen LogP contribution in [0.5, 0.6) is 5.88 Å². The number of carbonyl (C=O) groups excluding carboxylic acids is 6. The lowest BCUT2D eigenvalue weighted by Crippen LogP contribution is -2.40. The third-order valence-corrected chi connectivity index (χ3v) is 20.1. The molecule has 0 aliphatic carbocycles. The Labute approximate surface area is 704 Å². The van der Waals surface area contributed by atoms with Gasteiger partial charge in [-0.3, -0.25) is 33.9 Å². The third kappa shape index (κ3) is 33.7. The molecule has 10 rings (SSSR count). The number of hydrogen-bond donors (Lipinski definition) is 2. The molecule has 0 spiro atoms. The van der Waals surface area contributed by atoms with E-state index in [-0.39, 0.29) is 66.6 Å². The van der Waals surface area contributed by atoms with Crippen molar-refractivity contribution in [2.75, 3.05) is 54.2 Å². The van der Waals surface area contributed by atoms with Crippen LogP contribution in [0, 0.1) is 0 Å². The summed E-state index contributed by atoms with van der Waals surface area (Å²) in [5.74, 6) is 2.04. The van der Waals surface area contributed by atoms with Crippen molar-refractivity contribution in [2.45, 2.75) is 293 Å². The van der Waals surface area contributed by atoms with Crippen LogP contribution in [-0.2, 0) is 87.9 Å². The van der Waals surface area contributed by atoms with Crippen LogP contribution in [0.2, 0.25) is 0 Å². The molecule has 646 valence electrons. The number of nitrogens with zero attached hydrogens (tertiary/aromatic N) is 7. The first-order chi connectivity index (χ1) is 56.5. The van der Waals surface area contributed by atoms with Gasteiger partial charge in [0.25, 0.3) is 0 Å². The maximum absolute atomic E-state index is 12.8. The molecule has 0 bridgehead atoms. The standard InChI is InChI=1S/C36H45N3O5.2C29H41N3O5.CH4/c1-5-42-33(40)24-29(30-20-22-32(37-25-30)43-26-27-14-9-8-10-15-27)16-11-6-7-12-18-31-21-19-28-17-13-23-39(34(28)38-31)35(41)44-36(2,3)4;2*1-5-36-26(34)19-22(23-15-17-25(33)30-20-23)11-8-6-7-9-13-24-16-14-21-12-10-18-32(27(21)31-24)28(35)37-29(2,3)4;/h8-10,14-15,19-22,24-25H,5-7,11-13,16-18,23,26H2,1-4H3;2*14-17,20,22H,5-13,18-19H2,1-4H3,(H,30,33);1H4/b29-24-;;;/t;2*22-;/m.10./s1. The van der Waals surface area contributed by atoms with Gasteiger partial charge in [-0.15, -0.1) is 0 Å². The molecule has 24 heteroatoms. The molecule has 0 fully saturated rings. The second-order valence-corrected chi connectivity index (χ2v) is 33.3. The van der Waals surface area contributed by atoms with Crippen LogP contribution in [0.3, 0.4) is 0 Å². The molecule has 0 saturated carbocycles. The molecule has 3 aliphatic rings. The number of carbonyl (C=O) groups is 6. The minimum atomic E-state index is -0.547. The fourth-order valence-corrected chi connectivity index (χ4v) is 14.4. The molecular formula is C95H131N9O15. The smallest absolute Gasteiger partial charge is 0.416 e. The summed E-state index contributed by atoms with van der Waals surface area (Å²) in [6, 6.07) is 32.9. The van der Waals surface area contributed by atoms with E-state index in [9.17, 15) is 38.4 Å². The normalized spacial score (nSPS) is 13.7. The third-order valence-electron chi connectivity index (χ3n) is 20.1. The molecule has 0 saturated heterocycles. The zero-order chi connectivity index (χ0) is 85.0. The van der Waals surface area contributed by atoms with Crippen molar-refractivity contribution in [3.8, 4) is 5.88 Å². The molecule has 0 unspecified atom stereocenters. The van der Waals surface area contributed by atoms with Gasteiger partial charge in [-0.05, 0) is 266 Å². The number of aromatic amines is 2. The van der Waals surface area contributed by atoms with Crippen molar-refractivity contribution in [3.63, 3.8) is 0 Å². The van der Waals surface area contributed by atoms with Crippen LogP contribution >= 0.6 is 0 Å². The van der Waals surface area contributed by atoms with Crippen LogP contribution in [-0.4, -0.2) is 122 Å². The van der Waals surface area contributed by atoms with E-state index >= 15 is 0 Å². The fourth-order valence-electron chi connectivity index (χ4n) is 14.4. The molecule has 7 aromatic rings. The first kappa shape index (κ1) is 95.6. The Hall–Kier alpha value is -10.5. The number of rotatable bonds is 35. The molecular weight excluding hydrogens is 1510 g/mol. The number of anilines is 3. The van der Waals surface area contributed by atoms with Crippen molar-refractivity contribution < 1.29 is 61.9 Å². The lowest BCUT2D eigenvalue weighted by Gasteiger charge is -2.31. The van der Waals surface area contributed by atoms with Crippen molar-refractivity contribution in [3.05, 3.63) is 205 Å². The van der Waals surface area contributed by atoms with Crippen molar-refractivity contribution in [1.29, 1.82) is 0 Å². The Morgan fingerprint density at radius 3 is 1.22 bits per heavy atom. The Kier molecular flexibility index (Phi) is 39.0. The molecule has 3 aliphatic heterocycles. The molecule has 2 N–H and O–H groups in total. The molecule has 3 amide bonds. The highest BCUT2D eigenvalue weighted by Crippen LogP contribution is 2.34. The first-order valence-corrected chi connectivity index (χ1v) is 42.7. The van der Waals surface area contributed by atoms with E-state index in [1.807, 2.05) is 105 Å². The highest BCUT2D eigenvalue weighted by molar-refractivity contribution is 5.92. The summed E-state index contributed by atoms with van der Waals surface area (Å²) in [7, 11) is 0. The van der Waals surface area contributed by atoms with Gasteiger partial charge in [0.2, 0.25) is 17.0 Å². The van der Waals surface area contributed by atoms with Gasteiger partial charge < -0.3 is 43.1 Å². The van der Waals surface area contributed by atoms with Crippen molar-refractivity contribution >= 4 is 59.2 Å². The largest absolute Gasteiger partial charge is 0.473 e. The zero-order valence-corrected chi connectivity index (χ0v) is 71.9. The average molecular weight is 1640 g/mol. The van der Waals surface area contributed by atoms with Gasteiger partial charge in [-0.2, -0.15) is 0 Å². The number of H-pyrrole nitrogens is 2. The second-order valence-electron chi connectivity index (χ2n) is 33.3. The molecule has 1 aromatic carbocycles. The van der Waals surface area contributed by atoms with Gasteiger partial charge in [0.15, 0.2) is 0 Å². The molecule has 119 heavy (non-hydrogen) atoms. The molecule has 24 nitrogen and oxygen atoms in total. The highest BCUT2D eigenvalue weighted by Gasteiger charge is 2.33. The van der Waals surface area contributed by atoms with E-state index in [2.05, 4.69) is 51.4 Å². The topological polar surface area (TPSA) is 294 Å². The zero-order valence-electron chi connectivity index (χ0n) is 71.9. The minimum Gasteiger partial charge on any atom is -0.473 e. The van der Waals surface area contributed by atoms with Crippen LogP contribution in [0.25, 0.3) is 5.57 Å². The molecule has 2 atom stereocenters. The van der Waals surface area contributed by atoms with Gasteiger partial charge in [0.05, 0.1) is 32.7 Å². The van der Waals surface area contributed by atoms with Crippen LogP contribution in [0.4, 0.5) is 31.8 Å². The van der Waals surface area contributed by atoms with Gasteiger partial charge in [0, 0.05) is 79.6 Å². The summed E-state index contributed by atoms with van der Waals surface area (Å²) in [5.41, 5.74) is 9.10. The predicted octanol–water partition coefficient (Wildman–Crippen LogP) is 19.9. The Balaban J connectivity index is 0.000000247. The Morgan fingerprint density at radius 2 is 0.857 bits per heavy atom. The van der Waals surface area contributed by atoms with Crippen LogP contribution in [0.1, 0.15) is 287 Å². The number of ether oxygens (including phenoxy) is 7. The van der Waals surface area contributed by atoms with Crippen molar-refractivity contribution in [1.82, 2.24) is 29.9 Å². The number of benzene rings is 1. The SMILES string of the molecule is C.CCOC(=O)/C=C(/CCCCCCc1ccc2c(n1)N(C(=O)OC(C)(C)C)CCC2)c1ccc(OCc2ccccc2)nc1.CCOC(=O)C[C@@H](CCCCCCc1ccc2c(n1)N(C(=O)OC(C)(C)C)CCC2)c1ccc(=O)[nH]c1.CCOC(=O)C[C@H](CCCCCCc1ccc2c(n1)N(C(=O)OC(C)(C)C)CCC2)c1ccc(=O)[nH]c1. The van der Waals surface area contributed by atoms with Crippen molar-refractivity contribution in [2.24, 2.45) is 0 Å². The van der Waals surface area contributed by atoms with E-state index < -0.39 is 16.8 Å². The first-order valence-electron chi connectivity index (χ1n) is 42.7. The summed E-state index contributed by atoms with van der Waals surface area (Å²) in [6.07, 6.45) is 28.9. The van der Waals surface area contributed by atoms with E-state index in [1.165, 1.54) is 12.1 Å². The summed E-state index contributed by atoms with van der Waals surface area (Å²) in [4.78, 5) is 127. The van der Waals surface area contributed by atoms with E-state index in [4.69, 9.17) is 48.1 Å². The van der Waals surface area contributed by atoms with Crippen LogP contribution in [0.15, 0.2) is 137 Å². The summed E-state index contributed by atoms with van der Waals surface area (Å²) < 4.78 is 38.1. The molecule has 6 aromatic heterocycles. The lowest BCUT2D eigenvalue weighted by atomic mass is 9.91. The number of pyridine rings is 6. The Bertz CT molecular complexity index is 4290. The van der Waals surface area contributed by atoms with E-state index in [0.29, 0.717) is 64.8 Å². The van der Waals surface area contributed by atoms with Gasteiger partial charge in [-0.25, -0.2) is 39.1 Å². The number of unbranched alkanes of at least 4 members (excludes halogenated alkanes) is 9. The number of nitrogens with one attached hydrogen (secondary N) is 2. The van der Waals surface area contributed by atoms with E-state index in [0.717, 1.165) is 233 Å². The number of esters is 3. The number of aromatic nitrogens is 6. The molecule has 0 radical (unpaired) electrons. The summed E-state index contributed by atoms with van der Waals surface area (Å²) in [5, 5.41) is 0. The molecule has 9 heterocycles. The van der Waals surface area contributed by atoms with Gasteiger partial charge in [-0.1, -0.05) is 119 Å². The van der Waals surface area contributed by atoms with Crippen LogP contribution < -0.4 is 30.6 Å². The number of fused-ring (bicyclic) bond motifs is 3. The maximum atomic E-state index is 12.8. The average Bonchev–Trinajstić information content (AvgIpc) is 0.809. The fraction of sp³-hybridized carbons (Fsp3) is 0.537. The maximum Gasteiger partial charge on any atom is 0.416 e. The predicted molar refractivity (Wildman–Crippen MR) is 467 cm³/mol. The number of amides is 3. The summed E-state index contributed by atoms with van der Waals surface area (Å²) in [6.45, 7) is 25.7. The Morgan fingerprint density at radius 1 is 0.462 bits per heavy atom. The lowest BCUT2D eigenvalue weighted by molar-refractivity contribution is -0.144. The number of allylic oxidation sites excluding steroid dienone is 1. The second kappa shape index (κ2) is 48.5. The highest BCUT2D eigenvalue weighted by atomic mass is 16.6. The number of hydrogen-bond acceptors (Lipinski definition) is 19. The number of aryl methyl sites for hydroxylation is 6. The van der Waals surface area contributed by atoms with E-state index in [1.54, 1.807) is 72.3 Å². The monoisotopic (exact) mass is 1640 g/mol.